The molecule has 0 fully saturated rings. The van der Waals surface area contributed by atoms with Gasteiger partial charge in [0.05, 0.1) is 5.56 Å². The van der Waals surface area contributed by atoms with Crippen LogP contribution in [0.2, 0.25) is 0 Å². The number of rotatable bonds is 6. The predicted molar refractivity (Wildman–Crippen MR) is 132 cm³/mol. The molecule has 0 aliphatic carbocycles. The SMILES string of the molecule is Cc1ccc(NC(=O)c2ccc(NC(=O)c3ccccc3-c3ccccc3C(=O)O)cc2)cc1. The molecule has 0 aliphatic rings. The average Bonchev–Trinajstić information content (AvgIpc) is 2.85. The Morgan fingerprint density at radius 2 is 1.06 bits per heavy atom. The van der Waals surface area contributed by atoms with Crippen molar-refractivity contribution in [3.63, 3.8) is 0 Å². The second kappa shape index (κ2) is 9.83. The van der Waals surface area contributed by atoms with Crippen molar-refractivity contribution in [2.24, 2.45) is 0 Å². The molecule has 4 rings (SSSR count). The lowest BCUT2D eigenvalue weighted by molar-refractivity contribution is 0.0697. The van der Waals surface area contributed by atoms with Crippen LogP contribution in [0.15, 0.2) is 97.1 Å². The third kappa shape index (κ3) is 5.02. The van der Waals surface area contributed by atoms with Crippen molar-refractivity contribution in [2.45, 2.75) is 6.92 Å². The normalized spacial score (nSPS) is 10.4. The summed E-state index contributed by atoms with van der Waals surface area (Å²) >= 11 is 0. The Morgan fingerprint density at radius 3 is 1.65 bits per heavy atom. The molecule has 0 heterocycles. The van der Waals surface area contributed by atoms with Gasteiger partial charge in [0.15, 0.2) is 0 Å². The van der Waals surface area contributed by atoms with E-state index in [2.05, 4.69) is 10.6 Å². The number of aryl methyl sites for hydroxylation is 1. The first-order valence-electron chi connectivity index (χ1n) is 10.6. The number of hydrogen-bond donors (Lipinski definition) is 3. The zero-order valence-corrected chi connectivity index (χ0v) is 18.4. The largest absolute Gasteiger partial charge is 0.478 e. The molecule has 0 atom stereocenters. The van der Waals surface area contributed by atoms with E-state index < -0.39 is 5.97 Å². The molecule has 0 unspecified atom stereocenters. The monoisotopic (exact) mass is 450 g/mol. The smallest absolute Gasteiger partial charge is 0.336 e. The minimum absolute atomic E-state index is 0.117. The third-order valence-corrected chi connectivity index (χ3v) is 5.33. The van der Waals surface area contributed by atoms with Gasteiger partial charge in [-0.25, -0.2) is 4.79 Å². The highest BCUT2D eigenvalue weighted by atomic mass is 16.4. The molecule has 168 valence electrons. The highest BCUT2D eigenvalue weighted by Gasteiger charge is 2.17. The summed E-state index contributed by atoms with van der Waals surface area (Å²) in [5.74, 6) is -1.70. The van der Waals surface area contributed by atoms with E-state index in [9.17, 15) is 19.5 Å². The van der Waals surface area contributed by atoms with Crippen LogP contribution in [-0.2, 0) is 0 Å². The third-order valence-electron chi connectivity index (χ3n) is 5.33. The molecule has 2 amide bonds. The highest BCUT2D eigenvalue weighted by molar-refractivity contribution is 6.10. The van der Waals surface area contributed by atoms with E-state index >= 15 is 0 Å². The molecule has 6 nitrogen and oxygen atoms in total. The number of nitrogens with one attached hydrogen (secondary N) is 2. The molecule has 3 N–H and O–H groups in total. The molecule has 0 radical (unpaired) electrons. The first-order valence-corrected chi connectivity index (χ1v) is 10.6. The summed E-state index contributed by atoms with van der Waals surface area (Å²) in [5.41, 5.74) is 4.21. The molecular weight excluding hydrogens is 428 g/mol. The zero-order chi connectivity index (χ0) is 24.1. The number of carboxylic acids is 1. The minimum atomic E-state index is -1.06. The van der Waals surface area contributed by atoms with E-state index in [1.165, 1.54) is 6.07 Å². The van der Waals surface area contributed by atoms with Crippen molar-refractivity contribution < 1.29 is 19.5 Å². The fraction of sp³-hybridized carbons (Fsp3) is 0.0357. The predicted octanol–water partition coefficient (Wildman–Crippen LogP) is 5.86. The van der Waals surface area contributed by atoms with Gasteiger partial charge in [-0.15, -0.1) is 0 Å². The Bertz CT molecular complexity index is 1360. The Labute approximate surface area is 196 Å². The van der Waals surface area contributed by atoms with Crippen LogP contribution in [0.25, 0.3) is 11.1 Å². The van der Waals surface area contributed by atoms with Gasteiger partial charge < -0.3 is 15.7 Å². The highest BCUT2D eigenvalue weighted by Crippen LogP contribution is 2.28. The van der Waals surface area contributed by atoms with Crippen LogP contribution >= 0.6 is 0 Å². The van der Waals surface area contributed by atoms with Crippen molar-refractivity contribution in [2.75, 3.05) is 10.6 Å². The quantitative estimate of drug-likeness (QED) is 0.343. The number of aromatic carboxylic acids is 1. The van der Waals surface area contributed by atoms with Crippen LogP contribution in [0, 0.1) is 6.92 Å². The van der Waals surface area contributed by atoms with Crippen LogP contribution in [-0.4, -0.2) is 22.9 Å². The van der Waals surface area contributed by atoms with Crippen LogP contribution in [0.3, 0.4) is 0 Å². The van der Waals surface area contributed by atoms with Gasteiger partial charge in [-0.05, 0) is 66.6 Å². The van der Waals surface area contributed by atoms with Gasteiger partial charge in [0.1, 0.15) is 0 Å². The van der Waals surface area contributed by atoms with Gasteiger partial charge >= 0.3 is 5.97 Å². The molecule has 34 heavy (non-hydrogen) atoms. The lowest BCUT2D eigenvalue weighted by Gasteiger charge is -2.13. The van der Waals surface area contributed by atoms with E-state index in [1.807, 2.05) is 31.2 Å². The summed E-state index contributed by atoms with van der Waals surface area (Å²) in [6.07, 6.45) is 0. The molecule has 0 aromatic heterocycles. The van der Waals surface area contributed by atoms with Crippen molar-refractivity contribution in [1.82, 2.24) is 0 Å². The number of carbonyl (C=O) groups is 3. The lowest BCUT2D eigenvalue weighted by Crippen LogP contribution is -2.15. The summed E-state index contributed by atoms with van der Waals surface area (Å²) < 4.78 is 0. The first kappa shape index (κ1) is 22.5. The number of benzene rings is 4. The molecule has 6 heteroatoms. The van der Waals surface area contributed by atoms with E-state index in [0.717, 1.165) is 5.56 Å². The number of carbonyl (C=O) groups excluding carboxylic acids is 2. The summed E-state index contributed by atoms with van der Waals surface area (Å²) in [6.45, 7) is 1.97. The second-order valence-corrected chi connectivity index (χ2v) is 7.75. The number of anilines is 2. The van der Waals surface area contributed by atoms with Crippen LogP contribution in [0.5, 0.6) is 0 Å². The molecule has 0 saturated carbocycles. The molecule has 4 aromatic carbocycles. The summed E-state index contributed by atoms with van der Waals surface area (Å²) in [5, 5.41) is 15.2. The lowest BCUT2D eigenvalue weighted by atomic mass is 9.95. The van der Waals surface area contributed by atoms with Gasteiger partial charge in [0, 0.05) is 22.5 Å². The topological polar surface area (TPSA) is 95.5 Å². The maximum absolute atomic E-state index is 13.0. The summed E-state index contributed by atoms with van der Waals surface area (Å²) in [6, 6.07) is 27.5. The molecule has 0 saturated heterocycles. The van der Waals surface area contributed by atoms with Crippen molar-refractivity contribution >= 4 is 29.2 Å². The van der Waals surface area contributed by atoms with Gasteiger partial charge in [0.25, 0.3) is 11.8 Å². The fourth-order valence-electron chi connectivity index (χ4n) is 3.56. The van der Waals surface area contributed by atoms with Crippen LogP contribution in [0.1, 0.15) is 36.6 Å². The Kier molecular flexibility index (Phi) is 6.50. The van der Waals surface area contributed by atoms with Gasteiger partial charge in [-0.1, -0.05) is 54.1 Å². The Hall–Kier alpha value is -4.71. The molecule has 0 spiro atoms. The molecule has 0 aliphatic heterocycles. The number of hydrogen-bond acceptors (Lipinski definition) is 3. The number of carboxylic acid groups (broad SMARTS) is 1. The Balaban J connectivity index is 1.51. The zero-order valence-electron chi connectivity index (χ0n) is 18.4. The molecular formula is C28H22N2O4. The van der Waals surface area contributed by atoms with Gasteiger partial charge in [0.2, 0.25) is 0 Å². The van der Waals surface area contributed by atoms with E-state index in [4.69, 9.17) is 0 Å². The maximum atomic E-state index is 13.0. The molecule has 0 bridgehead atoms. The summed E-state index contributed by atoms with van der Waals surface area (Å²) in [7, 11) is 0. The molecule has 4 aromatic rings. The first-order chi connectivity index (χ1) is 16.4. The Morgan fingerprint density at radius 1 is 0.588 bits per heavy atom. The minimum Gasteiger partial charge on any atom is -0.478 e. The van der Waals surface area contributed by atoms with E-state index in [0.29, 0.717) is 33.6 Å². The van der Waals surface area contributed by atoms with E-state index in [-0.39, 0.29) is 17.4 Å². The fourth-order valence-corrected chi connectivity index (χ4v) is 3.56. The van der Waals surface area contributed by atoms with Crippen molar-refractivity contribution in [3.05, 3.63) is 119 Å². The number of amides is 2. The maximum Gasteiger partial charge on any atom is 0.336 e. The summed E-state index contributed by atoms with van der Waals surface area (Å²) in [4.78, 5) is 37.2. The van der Waals surface area contributed by atoms with Crippen LogP contribution < -0.4 is 10.6 Å². The second-order valence-electron chi connectivity index (χ2n) is 7.75. The van der Waals surface area contributed by atoms with E-state index in [1.54, 1.807) is 66.7 Å². The van der Waals surface area contributed by atoms with Crippen LogP contribution in [0.4, 0.5) is 11.4 Å². The van der Waals surface area contributed by atoms with Gasteiger partial charge in [-0.2, -0.15) is 0 Å². The van der Waals surface area contributed by atoms with Crippen molar-refractivity contribution in [1.29, 1.82) is 0 Å². The standard InChI is InChI=1S/C28H22N2O4/c1-18-10-14-20(15-11-18)29-26(31)19-12-16-21(17-13-19)30-27(32)24-8-4-2-6-22(24)23-7-3-5-9-25(23)28(33)34/h2-17H,1H3,(H,29,31)(H,30,32)(H,33,34). The average molecular weight is 450 g/mol. The van der Waals surface area contributed by atoms with Crippen molar-refractivity contribution in [3.8, 4) is 11.1 Å². The van der Waals surface area contributed by atoms with Gasteiger partial charge in [-0.3, -0.25) is 9.59 Å².